The number of benzene rings is 5. The summed E-state index contributed by atoms with van der Waals surface area (Å²) in [6, 6.07) is -16.9. The van der Waals surface area contributed by atoms with Crippen molar-refractivity contribution >= 4 is 21.8 Å². The van der Waals surface area contributed by atoms with Crippen molar-refractivity contribution in [3.05, 3.63) is 131 Å². The van der Waals surface area contributed by atoms with E-state index in [1.54, 1.807) is 0 Å². The second kappa shape index (κ2) is 8.70. The van der Waals surface area contributed by atoms with Gasteiger partial charge in [-0.2, -0.15) is 9.97 Å². The lowest BCUT2D eigenvalue weighted by atomic mass is 9.82. The Balaban J connectivity index is 1.72. The van der Waals surface area contributed by atoms with Crippen molar-refractivity contribution in [3.8, 4) is 39.9 Å². The first-order valence-electron chi connectivity index (χ1n) is 24.5. The monoisotopic (exact) mass is 553 g/mol. The normalized spacial score (nSPS) is 22.7. The second-order valence-electron chi connectivity index (χ2n) is 9.07. The van der Waals surface area contributed by atoms with E-state index in [4.69, 9.17) is 31.5 Å². The highest BCUT2D eigenvalue weighted by molar-refractivity contribution is 6.11. The molecule has 2 heterocycles. The number of aromatic nitrogens is 4. The Morgan fingerprint density at radius 1 is 0.610 bits per heavy atom. The Morgan fingerprint density at radius 3 is 2.07 bits per heavy atom. The van der Waals surface area contributed by atoms with E-state index in [-0.39, 0.29) is 5.56 Å². The number of nitrogens with zero attached hydrogens (tertiary/aromatic N) is 4. The van der Waals surface area contributed by atoms with Gasteiger partial charge in [0.15, 0.2) is 11.6 Å². The molecule has 0 spiro atoms. The van der Waals surface area contributed by atoms with Crippen molar-refractivity contribution < 1.29 is 34.3 Å². The van der Waals surface area contributed by atoms with Crippen molar-refractivity contribution in [2.24, 2.45) is 0 Å². The Labute approximate surface area is 274 Å². The zero-order valence-corrected chi connectivity index (χ0v) is 20.8. The largest absolute Gasteiger partial charge is 0.278 e. The average molecular weight is 554 g/mol. The molecule has 8 rings (SSSR count). The molecule has 0 N–H and O–H groups in total. The zero-order chi connectivity index (χ0) is 49.3. The Kier molecular flexibility index (Phi) is 2.01. The minimum Gasteiger partial charge on any atom is -0.278 e. The maximum atomic E-state index is 9.91. The molecule has 5 aromatic carbocycles. The lowest BCUT2D eigenvalue weighted by Gasteiger charge is -2.21. The third-order valence-corrected chi connectivity index (χ3v) is 6.55. The molecular formula is C37H28N4. The molecule has 0 bridgehead atoms. The fourth-order valence-corrected chi connectivity index (χ4v) is 4.72. The third-order valence-electron chi connectivity index (χ3n) is 6.55. The first-order valence-corrected chi connectivity index (χ1v) is 12.0. The van der Waals surface area contributed by atoms with Gasteiger partial charge < -0.3 is 0 Å². The standard InChI is InChI=1S/C37H28N4/c1-23-17-19-25(20-18-23)35-38-34(24-11-5-4-6-12-24)39-36(40-35)41-32-16-10-8-14-27(32)29-21-28-26-13-7-9-15-30(26)37(2,3)31(28)22-33(29)41/h4-22H,1-3H3/i2D3,3D3,4D,5D,6D,7D,8D,9D,10D,11D,12D,13D,14D,15D,16D,17D,18D,19D,20D,21D,22D. The molecule has 2 aromatic heterocycles. The van der Waals surface area contributed by atoms with E-state index in [1.807, 2.05) is 0 Å². The number of rotatable bonds is 3. The summed E-state index contributed by atoms with van der Waals surface area (Å²) in [5, 5.41) is -1.22. The molecule has 196 valence electrons. The van der Waals surface area contributed by atoms with Crippen LogP contribution < -0.4 is 0 Å². The molecule has 0 amide bonds. The van der Waals surface area contributed by atoms with E-state index in [0.717, 1.165) is 0 Å². The quantitative estimate of drug-likeness (QED) is 0.219. The highest BCUT2D eigenvalue weighted by Crippen LogP contribution is 2.50. The van der Waals surface area contributed by atoms with E-state index < -0.39 is 207 Å². The van der Waals surface area contributed by atoms with Gasteiger partial charge in [-0.05, 0) is 47.3 Å². The van der Waals surface area contributed by atoms with Crippen LogP contribution in [0.2, 0.25) is 0 Å². The SMILES string of the molecule is [2H]c1c([2H])c([2H])c(-c2nc(-c3c([2H])c([2H])c(C)c([2H])c3[2H])nc(-n3c4c([2H])c([2H])c([2H])c([2H])c4c4c([2H])c5c(c([2H])c43)C(C([2H])([2H])[2H])(C([2H])([2H])[2H])c3c([2H])c([2H])c([2H])c([2H])c3-5)n2)c([2H])c1[2H]. The molecule has 0 saturated heterocycles. The van der Waals surface area contributed by atoms with Crippen molar-refractivity contribution in [1.29, 1.82) is 0 Å². The summed E-state index contributed by atoms with van der Waals surface area (Å²) in [7, 11) is 0. The fraction of sp³-hybridized carbons (Fsp3) is 0.108. The molecule has 0 atom stereocenters. The van der Waals surface area contributed by atoms with Gasteiger partial charge in [0.25, 0.3) is 0 Å². The van der Waals surface area contributed by atoms with Gasteiger partial charge in [-0.1, -0.05) is 116 Å². The van der Waals surface area contributed by atoms with Crippen LogP contribution in [0.5, 0.6) is 0 Å². The smallest absolute Gasteiger partial charge is 0.238 e. The van der Waals surface area contributed by atoms with E-state index in [1.165, 1.54) is 6.92 Å². The van der Waals surface area contributed by atoms with E-state index in [0.29, 0.717) is 4.57 Å². The predicted octanol–water partition coefficient (Wildman–Crippen LogP) is 8.92. The molecule has 0 aliphatic heterocycles. The minimum absolute atomic E-state index is 0.113. The molecule has 4 heteroatoms. The van der Waals surface area contributed by atoms with Crippen LogP contribution in [0.1, 0.15) is 64.7 Å². The highest BCUT2D eigenvalue weighted by Gasteiger charge is 2.36. The van der Waals surface area contributed by atoms with Crippen LogP contribution in [0, 0.1) is 6.92 Å². The van der Waals surface area contributed by atoms with Crippen LogP contribution in [-0.2, 0) is 5.41 Å². The average Bonchev–Trinajstić information content (AvgIpc) is 3.80. The van der Waals surface area contributed by atoms with Crippen molar-refractivity contribution in [2.45, 2.75) is 26.0 Å². The summed E-state index contributed by atoms with van der Waals surface area (Å²) < 4.78 is 221. The lowest BCUT2D eigenvalue weighted by molar-refractivity contribution is 0.661. The number of hydrogen-bond acceptors (Lipinski definition) is 3. The van der Waals surface area contributed by atoms with Crippen LogP contribution in [0.25, 0.3) is 61.7 Å². The molecule has 1 aliphatic rings. The molecule has 0 fully saturated rings. The summed E-state index contributed by atoms with van der Waals surface area (Å²) in [4.78, 5) is 13.0. The van der Waals surface area contributed by atoms with Crippen molar-refractivity contribution in [3.63, 3.8) is 0 Å². The van der Waals surface area contributed by atoms with Crippen LogP contribution in [0.4, 0.5) is 0 Å². The summed E-state index contributed by atoms with van der Waals surface area (Å²) in [6.07, 6.45) is 0. The maximum absolute atomic E-state index is 9.91. The van der Waals surface area contributed by atoms with Crippen LogP contribution >= 0.6 is 0 Å². The van der Waals surface area contributed by atoms with Gasteiger partial charge in [-0.15, -0.1) is 0 Å². The Morgan fingerprint density at radius 2 is 1.29 bits per heavy atom. The molecule has 41 heavy (non-hydrogen) atoms. The highest BCUT2D eigenvalue weighted by atomic mass is 15.2. The third kappa shape index (κ3) is 3.57. The number of para-hydroxylation sites is 1. The lowest BCUT2D eigenvalue weighted by Crippen LogP contribution is -2.15. The molecule has 1 aliphatic carbocycles. The van der Waals surface area contributed by atoms with Gasteiger partial charge in [0.2, 0.25) is 5.95 Å². The van der Waals surface area contributed by atoms with Gasteiger partial charge in [0.05, 0.1) is 37.1 Å². The zero-order valence-electron chi connectivity index (χ0n) is 45.8. The second-order valence-corrected chi connectivity index (χ2v) is 9.07. The molecule has 0 unspecified atom stereocenters. The fourth-order valence-electron chi connectivity index (χ4n) is 4.72. The molecule has 0 saturated carbocycles. The predicted molar refractivity (Wildman–Crippen MR) is 167 cm³/mol. The molecule has 4 nitrogen and oxygen atoms in total. The number of fused-ring (bicyclic) bond motifs is 6. The topological polar surface area (TPSA) is 43.6 Å². The molecule has 7 aromatic rings. The van der Waals surface area contributed by atoms with E-state index in [2.05, 4.69) is 15.0 Å². The van der Waals surface area contributed by atoms with Gasteiger partial charge >= 0.3 is 0 Å². The van der Waals surface area contributed by atoms with Gasteiger partial charge in [0.1, 0.15) is 0 Å². The maximum Gasteiger partial charge on any atom is 0.238 e. The first-order chi connectivity index (χ1) is 30.4. The van der Waals surface area contributed by atoms with Crippen LogP contribution in [-0.4, -0.2) is 19.5 Å². The van der Waals surface area contributed by atoms with Gasteiger partial charge in [0, 0.05) is 35.5 Å². The van der Waals surface area contributed by atoms with Crippen molar-refractivity contribution in [1.82, 2.24) is 19.5 Å². The van der Waals surface area contributed by atoms with Crippen molar-refractivity contribution in [2.75, 3.05) is 0 Å². The van der Waals surface area contributed by atoms with E-state index in [9.17, 15) is 2.74 Å². The first kappa shape index (κ1) is 9.49. The van der Waals surface area contributed by atoms with Crippen LogP contribution in [0.3, 0.4) is 0 Å². The van der Waals surface area contributed by atoms with Gasteiger partial charge in [-0.3, -0.25) is 4.57 Å². The van der Waals surface area contributed by atoms with Crippen LogP contribution in [0.15, 0.2) is 115 Å². The number of hydrogen-bond donors (Lipinski definition) is 0. The summed E-state index contributed by atoms with van der Waals surface area (Å²) >= 11 is 0. The summed E-state index contributed by atoms with van der Waals surface area (Å²) in [5.74, 6) is -2.52. The molecular weight excluding hydrogens is 500 g/mol. The minimum atomic E-state index is -3.82. The van der Waals surface area contributed by atoms with E-state index >= 15 is 0 Å². The summed E-state index contributed by atoms with van der Waals surface area (Å²) in [5.41, 5.74) is -10.0. The van der Waals surface area contributed by atoms with Gasteiger partial charge in [-0.25, -0.2) is 4.98 Å². The Hall–Kier alpha value is -5.09. The molecule has 0 radical (unpaired) electrons. The Bertz CT molecular complexity index is 3250. The summed E-state index contributed by atoms with van der Waals surface area (Å²) in [6.45, 7) is -6.34.